The number of nitrogens with zero attached hydrogens (tertiary/aromatic N) is 2. The average molecular weight is 298 g/mol. The fraction of sp³-hybridized carbons (Fsp3) is 0.0625. The number of pyridine rings is 1. The lowest BCUT2D eigenvalue weighted by atomic mass is 10.1. The van der Waals surface area contributed by atoms with Crippen molar-refractivity contribution in [1.82, 2.24) is 15.0 Å². The van der Waals surface area contributed by atoms with E-state index in [1.165, 1.54) is 6.20 Å². The summed E-state index contributed by atoms with van der Waals surface area (Å²) in [5.41, 5.74) is 2.55. The number of H-pyrrole nitrogens is 1. The van der Waals surface area contributed by atoms with Crippen LogP contribution in [0.1, 0.15) is 5.56 Å². The summed E-state index contributed by atoms with van der Waals surface area (Å²) in [6.07, 6.45) is 1.53. The minimum Gasteiger partial charge on any atom is -0.305 e. The standard InChI is InChI=1S/C16H12ClN3O/c1-10-14(11-5-3-2-4-6-11)19-15(20-16(10)21)13-8-7-12(17)9-18-13/h2-9H,1H3,(H,19,20,21). The molecule has 0 saturated carbocycles. The van der Waals surface area contributed by atoms with Crippen molar-refractivity contribution in [2.45, 2.75) is 6.92 Å². The molecule has 2 aromatic heterocycles. The Labute approximate surface area is 126 Å². The third-order valence-corrected chi connectivity index (χ3v) is 3.39. The van der Waals surface area contributed by atoms with Gasteiger partial charge in [0, 0.05) is 17.3 Å². The lowest BCUT2D eigenvalue weighted by Gasteiger charge is -2.07. The van der Waals surface area contributed by atoms with Gasteiger partial charge in [-0.05, 0) is 19.1 Å². The maximum atomic E-state index is 12.1. The van der Waals surface area contributed by atoms with Gasteiger partial charge in [0.1, 0.15) is 5.69 Å². The van der Waals surface area contributed by atoms with Crippen molar-refractivity contribution in [3.8, 4) is 22.8 Å². The molecule has 0 fully saturated rings. The number of aromatic amines is 1. The van der Waals surface area contributed by atoms with E-state index < -0.39 is 0 Å². The topological polar surface area (TPSA) is 58.6 Å². The molecule has 1 aromatic carbocycles. The van der Waals surface area contributed by atoms with Gasteiger partial charge >= 0.3 is 0 Å². The largest absolute Gasteiger partial charge is 0.305 e. The number of aromatic nitrogens is 3. The van der Waals surface area contributed by atoms with E-state index in [-0.39, 0.29) is 5.56 Å². The van der Waals surface area contributed by atoms with E-state index in [0.717, 1.165) is 5.56 Å². The van der Waals surface area contributed by atoms with Crippen molar-refractivity contribution >= 4 is 11.6 Å². The molecular formula is C16H12ClN3O. The van der Waals surface area contributed by atoms with Crippen LogP contribution in [0.15, 0.2) is 53.5 Å². The van der Waals surface area contributed by atoms with Crippen LogP contribution in [0.5, 0.6) is 0 Å². The Morgan fingerprint density at radius 2 is 1.86 bits per heavy atom. The molecule has 0 aliphatic rings. The SMILES string of the molecule is Cc1c(-c2ccccc2)nc(-c2ccc(Cl)cn2)[nH]c1=O. The number of rotatable bonds is 2. The number of halogens is 1. The van der Waals surface area contributed by atoms with Gasteiger partial charge in [0.25, 0.3) is 5.56 Å². The van der Waals surface area contributed by atoms with Crippen LogP contribution in [0.4, 0.5) is 0 Å². The van der Waals surface area contributed by atoms with Gasteiger partial charge in [-0.15, -0.1) is 0 Å². The van der Waals surface area contributed by atoms with Gasteiger partial charge in [-0.25, -0.2) is 4.98 Å². The van der Waals surface area contributed by atoms with Crippen LogP contribution >= 0.6 is 11.6 Å². The fourth-order valence-electron chi connectivity index (χ4n) is 2.05. The van der Waals surface area contributed by atoms with Crippen molar-refractivity contribution in [2.24, 2.45) is 0 Å². The number of nitrogens with one attached hydrogen (secondary N) is 1. The minimum atomic E-state index is -0.171. The number of benzene rings is 1. The Hall–Kier alpha value is -2.46. The van der Waals surface area contributed by atoms with E-state index in [1.54, 1.807) is 19.1 Å². The van der Waals surface area contributed by atoms with Gasteiger partial charge in [0.2, 0.25) is 0 Å². The smallest absolute Gasteiger partial charge is 0.254 e. The van der Waals surface area contributed by atoms with Crippen molar-refractivity contribution < 1.29 is 0 Å². The van der Waals surface area contributed by atoms with Crippen LogP contribution in [-0.4, -0.2) is 15.0 Å². The number of hydrogen-bond donors (Lipinski definition) is 1. The molecule has 0 atom stereocenters. The Balaban J connectivity index is 2.19. The molecule has 0 amide bonds. The fourth-order valence-corrected chi connectivity index (χ4v) is 2.16. The highest BCUT2D eigenvalue weighted by molar-refractivity contribution is 6.30. The van der Waals surface area contributed by atoms with E-state index in [9.17, 15) is 4.79 Å². The summed E-state index contributed by atoms with van der Waals surface area (Å²) in [6, 6.07) is 13.0. The first-order chi connectivity index (χ1) is 10.1. The van der Waals surface area contributed by atoms with Crippen LogP contribution in [0, 0.1) is 6.92 Å². The van der Waals surface area contributed by atoms with Crippen molar-refractivity contribution in [1.29, 1.82) is 0 Å². The molecule has 104 valence electrons. The molecule has 3 aromatic rings. The normalized spacial score (nSPS) is 10.6. The summed E-state index contributed by atoms with van der Waals surface area (Å²) in [4.78, 5) is 23.6. The van der Waals surface area contributed by atoms with E-state index >= 15 is 0 Å². The third-order valence-electron chi connectivity index (χ3n) is 3.17. The molecule has 0 aliphatic carbocycles. The summed E-state index contributed by atoms with van der Waals surface area (Å²) in [5.74, 6) is 0.432. The maximum absolute atomic E-state index is 12.1. The van der Waals surface area contributed by atoms with Crippen molar-refractivity contribution in [3.63, 3.8) is 0 Å². The summed E-state index contributed by atoms with van der Waals surface area (Å²) in [7, 11) is 0. The Morgan fingerprint density at radius 3 is 2.52 bits per heavy atom. The zero-order valence-corrected chi connectivity index (χ0v) is 12.1. The van der Waals surface area contributed by atoms with Crippen molar-refractivity contribution in [2.75, 3.05) is 0 Å². The number of hydrogen-bond acceptors (Lipinski definition) is 3. The van der Waals surface area contributed by atoms with Gasteiger partial charge in [-0.3, -0.25) is 9.78 Å². The second kappa shape index (κ2) is 5.50. The molecule has 0 radical (unpaired) electrons. The molecule has 0 saturated heterocycles. The molecule has 2 heterocycles. The van der Waals surface area contributed by atoms with Gasteiger partial charge in [0.15, 0.2) is 5.82 Å². The predicted molar refractivity (Wildman–Crippen MR) is 83.3 cm³/mol. The molecule has 0 unspecified atom stereocenters. The lowest BCUT2D eigenvalue weighted by molar-refractivity contribution is 1.07. The summed E-state index contributed by atoms with van der Waals surface area (Å²) < 4.78 is 0. The van der Waals surface area contributed by atoms with Gasteiger partial charge in [-0.2, -0.15) is 0 Å². The monoisotopic (exact) mass is 297 g/mol. The highest BCUT2D eigenvalue weighted by Crippen LogP contribution is 2.21. The molecule has 5 heteroatoms. The minimum absolute atomic E-state index is 0.171. The summed E-state index contributed by atoms with van der Waals surface area (Å²) >= 11 is 5.83. The van der Waals surface area contributed by atoms with E-state index in [1.807, 2.05) is 30.3 Å². The molecular weight excluding hydrogens is 286 g/mol. The van der Waals surface area contributed by atoms with Crippen LogP contribution in [0.3, 0.4) is 0 Å². The highest BCUT2D eigenvalue weighted by Gasteiger charge is 2.11. The van der Waals surface area contributed by atoms with Gasteiger partial charge in [0.05, 0.1) is 10.7 Å². The molecule has 1 N–H and O–H groups in total. The first-order valence-corrected chi connectivity index (χ1v) is 6.81. The lowest BCUT2D eigenvalue weighted by Crippen LogP contribution is -2.14. The molecule has 0 aliphatic heterocycles. The second-order valence-corrected chi connectivity index (χ2v) is 5.05. The first-order valence-electron chi connectivity index (χ1n) is 6.43. The van der Waals surface area contributed by atoms with Gasteiger partial charge in [-0.1, -0.05) is 41.9 Å². The average Bonchev–Trinajstić information content (AvgIpc) is 2.51. The molecule has 0 spiro atoms. The zero-order chi connectivity index (χ0) is 14.8. The molecule has 3 rings (SSSR count). The predicted octanol–water partition coefficient (Wildman–Crippen LogP) is 3.46. The van der Waals surface area contributed by atoms with Crippen LogP contribution in [0.2, 0.25) is 5.02 Å². The Morgan fingerprint density at radius 1 is 1.10 bits per heavy atom. The molecule has 4 nitrogen and oxygen atoms in total. The molecule has 21 heavy (non-hydrogen) atoms. The van der Waals surface area contributed by atoms with Crippen LogP contribution in [-0.2, 0) is 0 Å². The summed E-state index contributed by atoms with van der Waals surface area (Å²) in [5, 5.41) is 0.538. The summed E-state index contributed by atoms with van der Waals surface area (Å²) in [6.45, 7) is 1.76. The highest BCUT2D eigenvalue weighted by atomic mass is 35.5. The molecule has 0 bridgehead atoms. The second-order valence-electron chi connectivity index (χ2n) is 4.62. The van der Waals surface area contributed by atoms with Crippen LogP contribution in [0.25, 0.3) is 22.8 Å². The van der Waals surface area contributed by atoms with E-state index in [4.69, 9.17) is 11.6 Å². The quantitative estimate of drug-likeness (QED) is 0.788. The van der Waals surface area contributed by atoms with Crippen molar-refractivity contribution in [3.05, 3.63) is 69.6 Å². The maximum Gasteiger partial charge on any atom is 0.254 e. The van der Waals surface area contributed by atoms with E-state index in [0.29, 0.717) is 27.8 Å². The Bertz CT molecular complexity index is 826. The first kappa shape index (κ1) is 13.5. The van der Waals surface area contributed by atoms with Gasteiger partial charge < -0.3 is 4.98 Å². The van der Waals surface area contributed by atoms with Crippen LogP contribution < -0.4 is 5.56 Å². The zero-order valence-electron chi connectivity index (χ0n) is 11.3. The third kappa shape index (κ3) is 2.71. The Kier molecular flexibility index (Phi) is 3.54. The van der Waals surface area contributed by atoms with E-state index in [2.05, 4.69) is 15.0 Å².